The molecule has 5 nitrogen and oxygen atoms in total. The van der Waals surface area contributed by atoms with Crippen molar-refractivity contribution < 1.29 is 14.0 Å². The number of carbonyl (C=O) groups excluding carboxylic acids is 2. The molecule has 0 bridgehead atoms. The number of rotatable bonds is 3. The smallest absolute Gasteiger partial charge is 0.256 e. The second kappa shape index (κ2) is 7.20. The standard InChI is InChI=1S/C20H14FN3O2S/c21-14-4-5-15-18(9-14)27-17-6-3-13(8-16(17)24-20(15)26)19(25)23-11-12-2-1-7-22-10-12/h1-10H,11H2,(H,23,25)(H,24,26). The van der Waals surface area contributed by atoms with Crippen LogP contribution in [0.3, 0.4) is 0 Å². The van der Waals surface area contributed by atoms with E-state index in [0.29, 0.717) is 28.3 Å². The van der Waals surface area contributed by atoms with E-state index in [1.807, 2.05) is 6.07 Å². The van der Waals surface area contributed by atoms with Gasteiger partial charge in [0.2, 0.25) is 0 Å². The molecule has 1 aliphatic heterocycles. The summed E-state index contributed by atoms with van der Waals surface area (Å²) in [4.78, 5) is 30.1. The zero-order chi connectivity index (χ0) is 18.8. The average Bonchev–Trinajstić information content (AvgIpc) is 2.81. The lowest BCUT2D eigenvalue weighted by atomic mass is 10.1. The molecule has 0 radical (unpaired) electrons. The number of nitrogens with zero attached hydrogens (tertiary/aromatic N) is 1. The number of halogens is 1. The highest BCUT2D eigenvalue weighted by Gasteiger charge is 2.21. The number of aromatic nitrogens is 1. The Kier molecular flexibility index (Phi) is 4.60. The van der Waals surface area contributed by atoms with Gasteiger partial charge in [-0.25, -0.2) is 4.39 Å². The maximum Gasteiger partial charge on any atom is 0.256 e. The summed E-state index contributed by atoms with van der Waals surface area (Å²) < 4.78 is 13.5. The van der Waals surface area contributed by atoms with Gasteiger partial charge >= 0.3 is 0 Å². The summed E-state index contributed by atoms with van der Waals surface area (Å²) >= 11 is 1.29. The van der Waals surface area contributed by atoms with Gasteiger partial charge < -0.3 is 10.6 Å². The number of nitrogens with one attached hydrogen (secondary N) is 2. The first-order chi connectivity index (χ1) is 13.1. The van der Waals surface area contributed by atoms with Gasteiger partial charge in [0.25, 0.3) is 11.8 Å². The maximum absolute atomic E-state index is 13.5. The van der Waals surface area contributed by atoms with Crippen molar-refractivity contribution >= 4 is 29.3 Å². The Balaban J connectivity index is 1.56. The molecule has 134 valence electrons. The van der Waals surface area contributed by atoms with Crippen LogP contribution in [-0.2, 0) is 6.54 Å². The molecule has 1 aromatic heterocycles. The van der Waals surface area contributed by atoms with Crippen LogP contribution in [0.15, 0.2) is 70.7 Å². The number of amides is 2. The monoisotopic (exact) mass is 379 g/mol. The number of carbonyl (C=O) groups is 2. The fourth-order valence-electron chi connectivity index (χ4n) is 2.72. The third-order valence-corrected chi connectivity index (χ3v) is 5.21. The van der Waals surface area contributed by atoms with Crippen molar-refractivity contribution in [3.8, 4) is 0 Å². The molecule has 1 aliphatic rings. The summed E-state index contributed by atoms with van der Waals surface area (Å²) in [7, 11) is 0. The normalized spacial score (nSPS) is 12.4. The Morgan fingerprint density at radius 1 is 1.15 bits per heavy atom. The molecule has 4 rings (SSSR count). The van der Waals surface area contributed by atoms with E-state index < -0.39 is 5.82 Å². The van der Waals surface area contributed by atoms with Gasteiger partial charge in [0.05, 0.1) is 11.3 Å². The first kappa shape index (κ1) is 17.2. The van der Waals surface area contributed by atoms with Gasteiger partial charge in [-0.15, -0.1) is 0 Å². The van der Waals surface area contributed by atoms with Gasteiger partial charge in [0.1, 0.15) is 5.82 Å². The third-order valence-electron chi connectivity index (χ3n) is 4.07. The van der Waals surface area contributed by atoms with Crippen LogP contribution in [0, 0.1) is 5.82 Å². The minimum Gasteiger partial charge on any atom is -0.348 e. The third kappa shape index (κ3) is 3.68. The van der Waals surface area contributed by atoms with Crippen LogP contribution in [0.25, 0.3) is 0 Å². The van der Waals surface area contributed by atoms with Gasteiger partial charge in [-0.1, -0.05) is 17.8 Å². The second-order valence-corrected chi connectivity index (χ2v) is 7.04. The molecule has 0 fully saturated rings. The minimum absolute atomic E-state index is 0.256. The van der Waals surface area contributed by atoms with Crippen LogP contribution < -0.4 is 10.6 Å². The first-order valence-corrected chi connectivity index (χ1v) is 9.02. The van der Waals surface area contributed by atoms with E-state index >= 15 is 0 Å². The van der Waals surface area contributed by atoms with Gasteiger partial charge in [0.15, 0.2) is 0 Å². The molecule has 0 unspecified atom stereocenters. The quantitative estimate of drug-likeness (QED) is 0.725. The van der Waals surface area contributed by atoms with E-state index in [2.05, 4.69) is 15.6 Å². The summed E-state index contributed by atoms with van der Waals surface area (Å²) in [5, 5.41) is 5.62. The average molecular weight is 379 g/mol. The van der Waals surface area contributed by atoms with E-state index in [9.17, 15) is 14.0 Å². The van der Waals surface area contributed by atoms with Crippen molar-refractivity contribution in [2.45, 2.75) is 16.3 Å². The number of hydrogen-bond donors (Lipinski definition) is 2. The van der Waals surface area contributed by atoms with E-state index in [-0.39, 0.29) is 11.8 Å². The molecule has 0 saturated carbocycles. The van der Waals surface area contributed by atoms with E-state index in [4.69, 9.17) is 0 Å². The summed E-state index contributed by atoms with van der Waals surface area (Å²) in [6, 6.07) is 12.8. The van der Waals surface area contributed by atoms with Crippen molar-refractivity contribution in [3.05, 3.63) is 83.4 Å². The number of anilines is 1. The molecular formula is C20H14FN3O2S. The molecule has 2 amide bonds. The lowest BCUT2D eigenvalue weighted by molar-refractivity contribution is 0.0949. The highest BCUT2D eigenvalue weighted by molar-refractivity contribution is 7.99. The van der Waals surface area contributed by atoms with E-state index in [0.717, 1.165) is 10.5 Å². The predicted octanol–water partition coefficient (Wildman–Crippen LogP) is 3.87. The van der Waals surface area contributed by atoms with Gasteiger partial charge in [-0.05, 0) is 48.0 Å². The summed E-state index contributed by atoms with van der Waals surface area (Å²) in [5.74, 6) is -0.984. The van der Waals surface area contributed by atoms with E-state index in [1.165, 1.54) is 30.0 Å². The molecule has 2 N–H and O–H groups in total. The predicted molar refractivity (Wildman–Crippen MR) is 100 cm³/mol. The summed E-state index contributed by atoms with van der Waals surface area (Å²) in [6.45, 7) is 0.357. The Labute approximate surface area is 159 Å². The molecule has 7 heteroatoms. The van der Waals surface area contributed by atoms with Gasteiger partial charge in [-0.3, -0.25) is 14.6 Å². The van der Waals surface area contributed by atoms with Crippen molar-refractivity contribution in [2.24, 2.45) is 0 Å². The Morgan fingerprint density at radius 3 is 2.85 bits per heavy atom. The fraction of sp³-hybridized carbons (Fsp3) is 0.0500. The van der Waals surface area contributed by atoms with Gasteiger partial charge in [-0.2, -0.15) is 0 Å². The van der Waals surface area contributed by atoms with E-state index in [1.54, 1.807) is 36.7 Å². The summed E-state index contributed by atoms with van der Waals surface area (Å²) in [5.41, 5.74) is 2.24. The topological polar surface area (TPSA) is 71.1 Å². The highest BCUT2D eigenvalue weighted by Crippen LogP contribution is 2.39. The highest BCUT2D eigenvalue weighted by atomic mass is 32.2. The molecule has 0 saturated heterocycles. The molecule has 0 atom stereocenters. The maximum atomic E-state index is 13.5. The molecule has 3 aromatic rings. The van der Waals surface area contributed by atoms with Crippen LogP contribution in [0.4, 0.5) is 10.1 Å². The lowest BCUT2D eigenvalue weighted by Crippen LogP contribution is -2.23. The van der Waals surface area contributed by atoms with Crippen LogP contribution in [0.5, 0.6) is 0 Å². The van der Waals surface area contributed by atoms with Crippen LogP contribution >= 0.6 is 11.8 Å². The number of benzene rings is 2. The zero-order valence-corrected chi connectivity index (χ0v) is 14.8. The van der Waals surface area contributed by atoms with Crippen molar-refractivity contribution in [2.75, 3.05) is 5.32 Å². The molecule has 2 aromatic carbocycles. The molecule has 27 heavy (non-hydrogen) atoms. The minimum atomic E-state index is -0.399. The van der Waals surface area contributed by atoms with Gasteiger partial charge in [0, 0.05) is 34.3 Å². The number of pyridine rings is 1. The largest absolute Gasteiger partial charge is 0.348 e. The van der Waals surface area contributed by atoms with Crippen molar-refractivity contribution in [1.29, 1.82) is 0 Å². The lowest BCUT2D eigenvalue weighted by Gasteiger charge is -2.10. The fourth-order valence-corrected chi connectivity index (χ4v) is 3.76. The Bertz CT molecular complexity index is 1040. The van der Waals surface area contributed by atoms with Crippen LogP contribution in [0.1, 0.15) is 26.3 Å². The zero-order valence-electron chi connectivity index (χ0n) is 14.0. The first-order valence-electron chi connectivity index (χ1n) is 8.20. The summed E-state index contributed by atoms with van der Waals surface area (Å²) in [6.07, 6.45) is 3.35. The molecule has 0 aliphatic carbocycles. The second-order valence-electron chi connectivity index (χ2n) is 5.95. The molecular weight excluding hydrogens is 365 g/mol. The number of fused-ring (bicyclic) bond motifs is 2. The van der Waals surface area contributed by atoms with Crippen LogP contribution in [-0.4, -0.2) is 16.8 Å². The SMILES string of the molecule is O=C(NCc1cccnc1)c1ccc2c(c1)NC(=O)c1ccc(F)cc1S2. The Morgan fingerprint density at radius 2 is 2.04 bits per heavy atom. The molecule has 0 spiro atoms. The molecule has 2 heterocycles. The van der Waals surface area contributed by atoms with Crippen molar-refractivity contribution in [1.82, 2.24) is 10.3 Å². The number of hydrogen-bond acceptors (Lipinski definition) is 4. The Hall–Kier alpha value is -3.19. The van der Waals surface area contributed by atoms with Crippen molar-refractivity contribution in [3.63, 3.8) is 0 Å². The van der Waals surface area contributed by atoms with Crippen LogP contribution in [0.2, 0.25) is 0 Å².